The summed E-state index contributed by atoms with van der Waals surface area (Å²) in [5.74, 6) is 6.68. The maximum absolute atomic E-state index is 9.87. The van der Waals surface area contributed by atoms with Gasteiger partial charge < -0.3 is 26.4 Å². The van der Waals surface area contributed by atoms with Crippen LogP contribution in [0.1, 0.15) is 11.1 Å². The van der Waals surface area contributed by atoms with Gasteiger partial charge in [-0.05, 0) is 24.3 Å². The molecule has 0 aliphatic carbocycles. The Morgan fingerprint density at radius 3 is 2.20 bits per heavy atom. The van der Waals surface area contributed by atoms with E-state index in [2.05, 4.69) is 11.8 Å². The van der Waals surface area contributed by atoms with Gasteiger partial charge in [0.1, 0.15) is 23.0 Å². The minimum Gasteiger partial charge on any atom is -0.506 e. The van der Waals surface area contributed by atoms with Crippen molar-refractivity contribution in [1.29, 1.82) is 0 Å². The number of hydrogen-bond acceptors (Lipinski definition) is 5. The van der Waals surface area contributed by atoms with Crippen LogP contribution in [0.5, 0.6) is 23.0 Å². The summed E-state index contributed by atoms with van der Waals surface area (Å²) in [5, 5.41) is 19.4. The zero-order valence-electron chi connectivity index (χ0n) is 13.2. The lowest BCUT2D eigenvalue weighted by atomic mass is 10.1. The predicted molar refractivity (Wildman–Crippen MR) is 97.5 cm³/mol. The van der Waals surface area contributed by atoms with Crippen molar-refractivity contribution in [3.8, 4) is 34.8 Å². The van der Waals surface area contributed by atoms with E-state index in [0.717, 1.165) is 5.56 Å². The molecule has 0 saturated heterocycles. The molecular formula is C20H16N2O3. The van der Waals surface area contributed by atoms with Crippen LogP contribution in [0.25, 0.3) is 0 Å². The average Bonchev–Trinajstić information content (AvgIpc) is 2.61. The first kappa shape index (κ1) is 16.1. The van der Waals surface area contributed by atoms with E-state index in [1.165, 1.54) is 24.3 Å². The third-order valence-corrected chi connectivity index (χ3v) is 3.47. The van der Waals surface area contributed by atoms with Gasteiger partial charge in [0.2, 0.25) is 0 Å². The second kappa shape index (κ2) is 6.77. The molecule has 5 nitrogen and oxygen atoms in total. The van der Waals surface area contributed by atoms with Crippen LogP contribution < -0.4 is 16.2 Å². The first-order chi connectivity index (χ1) is 12.0. The molecule has 3 rings (SSSR count). The van der Waals surface area contributed by atoms with Crippen molar-refractivity contribution in [1.82, 2.24) is 0 Å². The summed E-state index contributed by atoms with van der Waals surface area (Å²) in [7, 11) is 0. The monoisotopic (exact) mass is 332 g/mol. The zero-order chi connectivity index (χ0) is 17.8. The molecule has 0 aliphatic rings. The van der Waals surface area contributed by atoms with Gasteiger partial charge in [0.25, 0.3) is 0 Å². The maximum atomic E-state index is 9.87. The molecule has 124 valence electrons. The molecule has 0 radical (unpaired) electrons. The van der Waals surface area contributed by atoms with Crippen LogP contribution >= 0.6 is 0 Å². The number of ether oxygens (including phenoxy) is 1. The van der Waals surface area contributed by atoms with Gasteiger partial charge in [-0.2, -0.15) is 0 Å². The van der Waals surface area contributed by atoms with Crippen molar-refractivity contribution in [2.24, 2.45) is 0 Å². The molecule has 0 atom stereocenters. The van der Waals surface area contributed by atoms with Gasteiger partial charge in [-0.1, -0.05) is 30.0 Å². The van der Waals surface area contributed by atoms with Crippen LogP contribution in [0.4, 0.5) is 11.4 Å². The summed E-state index contributed by atoms with van der Waals surface area (Å²) in [6.45, 7) is 0. The number of phenolic OH excluding ortho intramolecular Hbond substituents is 2. The van der Waals surface area contributed by atoms with Gasteiger partial charge in [-0.25, -0.2) is 0 Å². The topological polar surface area (TPSA) is 102 Å². The first-order valence-corrected chi connectivity index (χ1v) is 7.49. The summed E-state index contributed by atoms with van der Waals surface area (Å²) < 4.78 is 5.78. The van der Waals surface area contributed by atoms with Crippen LogP contribution in [0, 0.1) is 11.8 Å². The molecule has 0 bridgehead atoms. The van der Waals surface area contributed by atoms with Gasteiger partial charge in [0.05, 0.1) is 16.9 Å². The first-order valence-electron chi connectivity index (χ1n) is 7.49. The highest BCUT2D eigenvalue weighted by Crippen LogP contribution is 2.34. The van der Waals surface area contributed by atoms with Crippen molar-refractivity contribution < 1.29 is 14.9 Å². The number of anilines is 2. The second-order valence-electron chi connectivity index (χ2n) is 5.35. The Bertz CT molecular complexity index is 973. The molecule has 0 unspecified atom stereocenters. The van der Waals surface area contributed by atoms with Crippen molar-refractivity contribution in [2.75, 3.05) is 11.5 Å². The van der Waals surface area contributed by atoms with Crippen molar-refractivity contribution in [3.63, 3.8) is 0 Å². The van der Waals surface area contributed by atoms with E-state index >= 15 is 0 Å². The van der Waals surface area contributed by atoms with Gasteiger partial charge in [0.15, 0.2) is 0 Å². The largest absolute Gasteiger partial charge is 0.506 e. The lowest BCUT2D eigenvalue weighted by Crippen LogP contribution is -1.94. The van der Waals surface area contributed by atoms with Gasteiger partial charge in [-0.15, -0.1) is 0 Å². The van der Waals surface area contributed by atoms with E-state index in [1.807, 2.05) is 30.3 Å². The molecule has 0 aromatic heterocycles. The lowest BCUT2D eigenvalue weighted by molar-refractivity contribution is 0.461. The number of nitrogens with two attached hydrogens (primary N) is 2. The minimum absolute atomic E-state index is 0.0262. The lowest BCUT2D eigenvalue weighted by Gasteiger charge is -2.11. The van der Waals surface area contributed by atoms with E-state index in [4.69, 9.17) is 16.2 Å². The van der Waals surface area contributed by atoms with Gasteiger partial charge >= 0.3 is 0 Å². The van der Waals surface area contributed by atoms with Crippen molar-refractivity contribution in [2.45, 2.75) is 0 Å². The van der Waals surface area contributed by atoms with E-state index in [-0.39, 0.29) is 22.9 Å². The molecule has 6 N–H and O–H groups in total. The Hall–Kier alpha value is -3.78. The summed E-state index contributed by atoms with van der Waals surface area (Å²) >= 11 is 0. The summed E-state index contributed by atoms with van der Waals surface area (Å²) in [4.78, 5) is 0. The van der Waals surface area contributed by atoms with Crippen LogP contribution in [0.15, 0.2) is 60.7 Å². The van der Waals surface area contributed by atoms with Crippen LogP contribution in [-0.4, -0.2) is 10.2 Å². The average molecular weight is 332 g/mol. The highest BCUT2D eigenvalue weighted by molar-refractivity contribution is 5.64. The number of nitrogen functional groups attached to an aromatic ring is 2. The fraction of sp³-hybridized carbons (Fsp3) is 0. The number of benzene rings is 3. The third kappa shape index (κ3) is 3.77. The highest BCUT2D eigenvalue weighted by Gasteiger charge is 2.09. The Kier molecular flexibility index (Phi) is 4.36. The summed E-state index contributed by atoms with van der Waals surface area (Å²) in [5.41, 5.74) is 13.1. The molecule has 0 amide bonds. The molecule has 0 aliphatic heterocycles. The standard InChI is InChI=1S/C20H16N2O3/c21-16-11-15(8-9-18(16)23)25-20-12-17(22)19(24)10-14(20)7-6-13-4-2-1-3-5-13/h1-5,8-12,23-24H,21-22H2. The fourth-order valence-electron chi connectivity index (χ4n) is 2.15. The molecule has 25 heavy (non-hydrogen) atoms. The quantitative estimate of drug-likeness (QED) is 0.327. The van der Waals surface area contributed by atoms with Crippen molar-refractivity contribution >= 4 is 11.4 Å². The maximum Gasteiger partial charge on any atom is 0.145 e. The Morgan fingerprint density at radius 2 is 1.48 bits per heavy atom. The number of rotatable bonds is 2. The van der Waals surface area contributed by atoms with Gasteiger partial charge in [0, 0.05) is 23.8 Å². The molecule has 0 spiro atoms. The summed E-state index contributed by atoms with van der Waals surface area (Å²) in [6, 6.07) is 16.9. The number of phenols is 2. The Labute approximate surface area is 145 Å². The molecule has 0 heterocycles. The van der Waals surface area contributed by atoms with E-state index < -0.39 is 0 Å². The Morgan fingerprint density at radius 1 is 0.760 bits per heavy atom. The molecule has 3 aromatic rings. The SMILES string of the molecule is Nc1cc(Oc2cc(N)c(O)cc2C#Cc2ccccc2)ccc1O. The van der Waals surface area contributed by atoms with Crippen LogP contribution in [-0.2, 0) is 0 Å². The minimum atomic E-state index is -0.0741. The van der Waals surface area contributed by atoms with Crippen LogP contribution in [0.2, 0.25) is 0 Å². The second-order valence-corrected chi connectivity index (χ2v) is 5.35. The Balaban J connectivity index is 1.99. The van der Waals surface area contributed by atoms with Crippen LogP contribution in [0.3, 0.4) is 0 Å². The fourth-order valence-corrected chi connectivity index (χ4v) is 2.15. The predicted octanol–water partition coefficient (Wildman–Crippen LogP) is 3.45. The van der Waals surface area contributed by atoms with Crippen molar-refractivity contribution in [3.05, 3.63) is 71.8 Å². The molecule has 3 aromatic carbocycles. The number of hydrogen-bond donors (Lipinski definition) is 4. The summed E-state index contributed by atoms with van der Waals surface area (Å²) in [6.07, 6.45) is 0. The molecule has 0 saturated carbocycles. The van der Waals surface area contributed by atoms with E-state index in [1.54, 1.807) is 6.07 Å². The molecule has 0 fully saturated rings. The normalized spacial score (nSPS) is 9.92. The third-order valence-electron chi connectivity index (χ3n) is 3.47. The molecule has 5 heteroatoms. The van der Waals surface area contributed by atoms with Gasteiger partial charge in [-0.3, -0.25) is 0 Å². The zero-order valence-corrected chi connectivity index (χ0v) is 13.2. The molecular weight excluding hydrogens is 316 g/mol. The smallest absolute Gasteiger partial charge is 0.145 e. The highest BCUT2D eigenvalue weighted by atomic mass is 16.5. The van der Waals surface area contributed by atoms with E-state index in [0.29, 0.717) is 17.1 Å². The number of aromatic hydroxyl groups is 2. The van der Waals surface area contributed by atoms with E-state index in [9.17, 15) is 10.2 Å².